The number of fused-ring (bicyclic) bond motifs is 1. The average molecular weight is 316 g/mol. The fourth-order valence-electron chi connectivity index (χ4n) is 2.70. The van der Waals surface area contributed by atoms with Crippen molar-refractivity contribution in [1.82, 2.24) is 14.6 Å². The minimum absolute atomic E-state index is 0.0645. The van der Waals surface area contributed by atoms with Crippen LogP contribution in [-0.4, -0.2) is 54.5 Å². The number of hydrogen-bond acceptors (Lipinski definition) is 8. The molecule has 3 heterocycles. The third-order valence-electron chi connectivity index (χ3n) is 3.96. The first-order valence-corrected chi connectivity index (χ1v) is 6.51. The summed E-state index contributed by atoms with van der Waals surface area (Å²) in [5, 5.41) is 43.5. The van der Waals surface area contributed by atoms with Gasteiger partial charge in [-0.05, 0) is 12.1 Å². The number of ether oxygens (including phenoxy) is 1. The van der Waals surface area contributed by atoms with Crippen molar-refractivity contribution < 1.29 is 20.1 Å². The number of nitrogen functional groups attached to an aromatic ring is 1. The minimum atomic E-state index is -2.14. The summed E-state index contributed by atoms with van der Waals surface area (Å²) in [4.78, 5) is 6.88. The Kier molecular flexibility index (Phi) is 3.21. The molecule has 0 radical (unpaired) electrons. The van der Waals surface area contributed by atoms with Crippen molar-refractivity contribution in [2.45, 2.75) is 23.5 Å². The van der Waals surface area contributed by atoms with Crippen molar-refractivity contribution in [1.29, 1.82) is 5.26 Å². The van der Waals surface area contributed by atoms with Crippen LogP contribution in [0.25, 0.3) is 10.4 Å². The van der Waals surface area contributed by atoms with Crippen molar-refractivity contribution in [3.8, 4) is 6.07 Å². The van der Waals surface area contributed by atoms with E-state index >= 15 is 0 Å². The molecule has 0 spiro atoms. The van der Waals surface area contributed by atoms with E-state index in [4.69, 9.17) is 17.0 Å². The maximum atomic E-state index is 10.4. The van der Waals surface area contributed by atoms with Gasteiger partial charge in [0.25, 0.3) is 0 Å². The largest absolute Gasteiger partial charge is 0.390 e. The number of hydrogen-bond donors (Lipinski definition) is 4. The van der Waals surface area contributed by atoms with Crippen LogP contribution in [0.5, 0.6) is 0 Å². The van der Waals surface area contributed by atoms with Crippen molar-refractivity contribution in [3.05, 3.63) is 35.6 Å². The number of aromatic nitrogens is 3. The topological polar surface area (TPSA) is 154 Å². The minimum Gasteiger partial charge on any atom is -0.385 e. The standard InChI is InChI=1S/C13H12N6O4/c1-16-13(5-20)10(22)9(21)12(4-14,23-13)8-3-2-7-11(15)17-6-18-19(7)8/h2-3,6,9-10,20-22H,5H2,(H2,15,17,18)/t9-,10+,12+,13-/m1/s1. The van der Waals surface area contributed by atoms with Gasteiger partial charge in [0.15, 0.2) is 18.5 Å². The van der Waals surface area contributed by atoms with Gasteiger partial charge in [-0.15, -0.1) is 0 Å². The van der Waals surface area contributed by atoms with E-state index in [0.717, 1.165) is 6.33 Å². The molecule has 0 unspecified atom stereocenters. The number of aliphatic hydroxyl groups excluding tert-OH is 3. The van der Waals surface area contributed by atoms with Crippen molar-refractivity contribution in [2.24, 2.45) is 0 Å². The van der Waals surface area contributed by atoms with Crippen LogP contribution in [0.2, 0.25) is 0 Å². The van der Waals surface area contributed by atoms with Gasteiger partial charge in [-0.2, -0.15) is 10.4 Å². The van der Waals surface area contributed by atoms with Gasteiger partial charge in [0, 0.05) is 0 Å². The molecule has 4 atom stereocenters. The molecule has 0 aliphatic carbocycles. The third kappa shape index (κ3) is 1.75. The summed E-state index contributed by atoms with van der Waals surface area (Å²) in [5.41, 5.74) is 1.92. The second-order valence-corrected chi connectivity index (χ2v) is 5.11. The Morgan fingerprint density at radius 2 is 2.22 bits per heavy atom. The quantitative estimate of drug-likeness (QED) is 0.482. The highest BCUT2D eigenvalue weighted by molar-refractivity contribution is 5.66. The summed E-state index contributed by atoms with van der Waals surface area (Å²) < 4.78 is 6.65. The molecule has 1 aliphatic heterocycles. The zero-order valence-corrected chi connectivity index (χ0v) is 11.7. The van der Waals surface area contributed by atoms with E-state index in [1.165, 1.54) is 16.6 Å². The van der Waals surface area contributed by atoms with Crippen LogP contribution in [0.3, 0.4) is 0 Å². The average Bonchev–Trinajstić information content (AvgIpc) is 3.09. The lowest BCUT2D eigenvalue weighted by atomic mass is 9.91. The molecule has 2 aromatic heterocycles. The number of rotatable bonds is 2. The van der Waals surface area contributed by atoms with E-state index in [2.05, 4.69) is 14.9 Å². The summed E-state index contributed by atoms with van der Waals surface area (Å²) >= 11 is 0. The zero-order valence-electron chi connectivity index (χ0n) is 11.7. The van der Waals surface area contributed by atoms with Crippen LogP contribution < -0.4 is 5.73 Å². The fourth-order valence-corrected chi connectivity index (χ4v) is 2.70. The van der Waals surface area contributed by atoms with Gasteiger partial charge in [-0.3, -0.25) is 9.58 Å². The van der Waals surface area contributed by atoms with Gasteiger partial charge in [0.05, 0.1) is 5.69 Å². The molecular formula is C13H12N6O4. The van der Waals surface area contributed by atoms with Crippen molar-refractivity contribution >= 4 is 11.3 Å². The Morgan fingerprint density at radius 3 is 2.78 bits per heavy atom. The predicted molar refractivity (Wildman–Crippen MR) is 74.2 cm³/mol. The summed E-state index contributed by atoms with van der Waals surface area (Å²) in [5.74, 6) is 0.144. The van der Waals surface area contributed by atoms with Crippen LogP contribution in [0.15, 0.2) is 18.5 Å². The van der Waals surface area contributed by atoms with Crippen molar-refractivity contribution in [2.75, 3.05) is 12.3 Å². The van der Waals surface area contributed by atoms with Crippen LogP contribution in [0, 0.1) is 17.9 Å². The van der Waals surface area contributed by atoms with Gasteiger partial charge >= 0.3 is 5.72 Å². The number of nitriles is 1. The molecule has 1 fully saturated rings. The fraction of sp³-hybridized carbons (Fsp3) is 0.385. The van der Waals surface area contributed by atoms with Crippen molar-refractivity contribution in [3.63, 3.8) is 0 Å². The van der Waals surface area contributed by atoms with E-state index in [0.29, 0.717) is 5.52 Å². The smallest absolute Gasteiger partial charge is 0.385 e. The van der Waals surface area contributed by atoms with Gasteiger partial charge in [-0.25, -0.2) is 16.1 Å². The maximum absolute atomic E-state index is 10.4. The first kappa shape index (κ1) is 15.1. The van der Waals surface area contributed by atoms with E-state index in [-0.39, 0.29) is 11.5 Å². The van der Waals surface area contributed by atoms with Crippen LogP contribution >= 0.6 is 0 Å². The van der Waals surface area contributed by atoms with Gasteiger partial charge < -0.3 is 21.1 Å². The number of nitrogens with zero attached hydrogens (tertiary/aromatic N) is 5. The first-order chi connectivity index (χ1) is 11.0. The highest BCUT2D eigenvalue weighted by Gasteiger charge is 2.69. The Labute approximate surface area is 129 Å². The molecule has 0 bridgehead atoms. The van der Waals surface area contributed by atoms with Gasteiger partial charge in [0.1, 0.15) is 24.0 Å². The van der Waals surface area contributed by atoms with Crippen LogP contribution in [0.1, 0.15) is 5.69 Å². The Hall–Kier alpha value is -2.76. The molecule has 5 N–H and O–H groups in total. The van der Waals surface area contributed by atoms with E-state index in [1.54, 1.807) is 6.07 Å². The lowest BCUT2D eigenvalue weighted by molar-refractivity contribution is -0.108. The second-order valence-electron chi connectivity index (χ2n) is 5.11. The number of anilines is 1. The molecule has 0 saturated carbocycles. The first-order valence-electron chi connectivity index (χ1n) is 6.51. The summed E-state index contributed by atoms with van der Waals surface area (Å²) in [6.45, 7) is 6.26. The number of aliphatic hydroxyl groups is 3. The highest BCUT2D eigenvalue weighted by atomic mass is 16.6. The summed E-state index contributed by atoms with van der Waals surface area (Å²) in [6, 6.07) is 4.73. The zero-order chi connectivity index (χ0) is 16.8. The monoisotopic (exact) mass is 316 g/mol. The summed E-state index contributed by atoms with van der Waals surface area (Å²) in [6.07, 6.45) is -2.40. The SMILES string of the molecule is [C-]#[N+][C@]1(CO)O[C@@](C#N)(c2ccc3c(N)ncnn23)[C@H](O)[C@@H]1O. The lowest BCUT2D eigenvalue weighted by Gasteiger charge is -2.23. The molecule has 1 aliphatic rings. The molecule has 0 aromatic carbocycles. The van der Waals surface area contributed by atoms with E-state index < -0.39 is 30.1 Å². The maximum Gasteiger partial charge on any atom is 0.390 e. The summed E-state index contributed by atoms with van der Waals surface area (Å²) in [7, 11) is 0. The molecule has 118 valence electrons. The molecule has 2 aromatic rings. The molecule has 3 rings (SSSR count). The van der Waals surface area contributed by atoms with E-state index in [1.807, 2.05) is 0 Å². The predicted octanol–water partition coefficient (Wildman–Crippen LogP) is -1.61. The van der Waals surface area contributed by atoms with E-state index in [9.17, 15) is 20.6 Å². The second kappa shape index (κ2) is 4.87. The normalized spacial score (nSPS) is 33.4. The molecular weight excluding hydrogens is 304 g/mol. The lowest BCUT2D eigenvalue weighted by Crippen LogP contribution is -2.44. The third-order valence-corrected chi connectivity index (χ3v) is 3.96. The molecule has 10 heteroatoms. The Bertz CT molecular complexity index is 854. The molecule has 23 heavy (non-hydrogen) atoms. The van der Waals surface area contributed by atoms with Gasteiger partial charge in [0.2, 0.25) is 5.60 Å². The molecule has 10 nitrogen and oxygen atoms in total. The van der Waals surface area contributed by atoms with Crippen LogP contribution in [0.4, 0.5) is 5.82 Å². The van der Waals surface area contributed by atoms with Crippen LogP contribution in [-0.2, 0) is 10.3 Å². The molecule has 0 amide bonds. The Morgan fingerprint density at radius 1 is 1.48 bits per heavy atom. The molecule has 1 saturated heterocycles. The highest BCUT2D eigenvalue weighted by Crippen LogP contribution is 2.45. The Balaban J connectivity index is 2.25. The van der Waals surface area contributed by atoms with Gasteiger partial charge in [-0.1, -0.05) is 0 Å². The number of nitrogens with two attached hydrogens (primary N) is 1.